The van der Waals surface area contributed by atoms with E-state index in [9.17, 15) is 9.59 Å². The van der Waals surface area contributed by atoms with E-state index in [1.165, 1.54) is 12.1 Å². The Hall–Kier alpha value is -2.04. The van der Waals surface area contributed by atoms with Crippen molar-refractivity contribution in [2.75, 3.05) is 0 Å². The lowest BCUT2D eigenvalue weighted by atomic mass is 10.0. The number of benzene rings is 1. The zero-order valence-corrected chi connectivity index (χ0v) is 8.34. The summed E-state index contributed by atoms with van der Waals surface area (Å²) in [5.41, 5.74) is 0.951. The van der Waals surface area contributed by atoms with Crippen LogP contribution in [0.15, 0.2) is 18.2 Å². The number of carbonyl (C=O) groups is 2. The molecule has 0 aliphatic carbocycles. The van der Waals surface area contributed by atoms with Gasteiger partial charge in [0.25, 0.3) is 0 Å². The van der Waals surface area contributed by atoms with Crippen molar-refractivity contribution in [3.63, 3.8) is 0 Å². The monoisotopic (exact) mass is 222 g/mol. The van der Waals surface area contributed by atoms with Crippen LogP contribution in [0.4, 0.5) is 0 Å². The number of fused-ring (bicyclic) bond motifs is 1. The molecule has 5 heteroatoms. The Morgan fingerprint density at radius 3 is 2.69 bits per heavy atom. The molecular weight excluding hydrogens is 212 g/mol. The summed E-state index contributed by atoms with van der Waals surface area (Å²) < 4.78 is 5.22. The highest BCUT2D eigenvalue weighted by Gasteiger charge is 2.26. The Balaban J connectivity index is 2.32. The van der Waals surface area contributed by atoms with Gasteiger partial charge in [-0.15, -0.1) is 0 Å². The van der Waals surface area contributed by atoms with Crippen LogP contribution >= 0.6 is 0 Å². The van der Waals surface area contributed by atoms with Crippen molar-refractivity contribution in [3.05, 3.63) is 29.3 Å². The van der Waals surface area contributed by atoms with E-state index in [2.05, 4.69) is 0 Å². The molecule has 0 saturated heterocycles. The molecule has 0 bridgehead atoms. The molecule has 1 heterocycles. The SMILES string of the molecule is O=C(O)c1ccc2c(c1)OC(C(=O)O)CC2. The minimum absolute atomic E-state index is 0.102. The summed E-state index contributed by atoms with van der Waals surface area (Å²) in [6.45, 7) is 0. The third-order valence-corrected chi connectivity index (χ3v) is 2.53. The molecule has 1 aliphatic heterocycles. The fraction of sp³-hybridized carbons (Fsp3) is 0.273. The number of ether oxygens (including phenoxy) is 1. The summed E-state index contributed by atoms with van der Waals surface area (Å²) in [6.07, 6.45) is 0.123. The average molecular weight is 222 g/mol. The van der Waals surface area contributed by atoms with Gasteiger partial charge < -0.3 is 14.9 Å². The Morgan fingerprint density at radius 1 is 1.31 bits per heavy atom. The third-order valence-electron chi connectivity index (χ3n) is 2.53. The van der Waals surface area contributed by atoms with E-state index in [4.69, 9.17) is 14.9 Å². The summed E-state index contributed by atoms with van der Waals surface area (Å²) in [5.74, 6) is -1.71. The van der Waals surface area contributed by atoms with E-state index in [1.807, 2.05) is 0 Å². The molecule has 84 valence electrons. The van der Waals surface area contributed by atoms with E-state index >= 15 is 0 Å². The van der Waals surface area contributed by atoms with Crippen LogP contribution in [-0.2, 0) is 11.2 Å². The number of hydrogen-bond donors (Lipinski definition) is 2. The van der Waals surface area contributed by atoms with Gasteiger partial charge in [-0.2, -0.15) is 0 Å². The van der Waals surface area contributed by atoms with Gasteiger partial charge in [0.15, 0.2) is 6.10 Å². The molecule has 0 amide bonds. The molecule has 16 heavy (non-hydrogen) atoms. The summed E-state index contributed by atoms with van der Waals surface area (Å²) >= 11 is 0. The first-order chi connectivity index (χ1) is 7.58. The predicted octanol–water partition coefficient (Wildman–Crippen LogP) is 1.16. The van der Waals surface area contributed by atoms with Crippen LogP contribution in [0.2, 0.25) is 0 Å². The minimum atomic E-state index is -1.05. The minimum Gasteiger partial charge on any atom is -0.479 e. The number of carboxylic acid groups (broad SMARTS) is 2. The number of rotatable bonds is 2. The summed E-state index contributed by atoms with van der Waals surface area (Å²) in [6, 6.07) is 4.52. The fourth-order valence-electron chi connectivity index (χ4n) is 1.68. The van der Waals surface area contributed by atoms with Crippen LogP contribution in [0.1, 0.15) is 22.3 Å². The van der Waals surface area contributed by atoms with E-state index in [0.717, 1.165) is 5.56 Å². The van der Waals surface area contributed by atoms with Gasteiger partial charge in [-0.3, -0.25) is 0 Å². The van der Waals surface area contributed by atoms with E-state index in [1.54, 1.807) is 6.07 Å². The van der Waals surface area contributed by atoms with Gasteiger partial charge in [0, 0.05) is 0 Å². The van der Waals surface area contributed by atoms with Crippen molar-refractivity contribution in [2.24, 2.45) is 0 Å². The van der Waals surface area contributed by atoms with E-state index in [0.29, 0.717) is 18.6 Å². The normalized spacial score (nSPS) is 18.4. The van der Waals surface area contributed by atoms with Crippen LogP contribution in [0.25, 0.3) is 0 Å². The van der Waals surface area contributed by atoms with E-state index in [-0.39, 0.29) is 5.56 Å². The molecule has 0 aromatic heterocycles. The molecule has 1 aromatic rings. The highest BCUT2D eigenvalue weighted by molar-refractivity contribution is 5.88. The molecule has 5 nitrogen and oxygen atoms in total. The largest absolute Gasteiger partial charge is 0.479 e. The molecule has 0 saturated carbocycles. The summed E-state index contributed by atoms with van der Waals surface area (Å²) in [5, 5.41) is 17.6. The molecule has 0 spiro atoms. The Bertz CT molecular complexity index is 452. The van der Waals surface area contributed by atoms with Crippen molar-refractivity contribution in [3.8, 4) is 5.75 Å². The fourth-order valence-corrected chi connectivity index (χ4v) is 1.68. The van der Waals surface area contributed by atoms with Crippen LogP contribution in [-0.4, -0.2) is 28.3 Å². The Kier molecular flexibility index (Phi) is 2.52. The number of hydrogen-bond acceptors (Lipinski definition) is 3. The molecule has 2 rings (SSSR count). The number of aliphatic carboxylic acids is 1. The van der Waals surface area contributed by atoms with Gasteiger partial charge in [0.2, 0.25) is 0 Å². The van der Waals surface area contributed by atoms with Crippen molar-refractivity contribution in [2.45, 2.75) is 18.9 Å². The van der Waals surface area contributed by atoms with Crippen molar-refractivity contribution < 1.29 is 24.5 Å². The Labute approximate surface area is 91.3 Å². The van der Waals surface area contributed by atoms with Crippen LogP contribution in [0.3, 0.4) is 0 Å². The third kappa shape index (κ3) is 1.84. The van der Waals surface area contributed by atoms with Gasteiger partial charge >= 0.3 is 11.9 Å². The standard InChI is InChI=1S/C11H10O5/c12-10(13)7-2-1-6-3-4-8(11(14)15)16-9(6)5-7/h1-2,5,8H,3-4H2,(H,12,13)(H,14,15). The van der Waals surface area contributed by atoms with Crippen molar-refractivity contribution >= 4 is 11.9 Å². The maximum absolute atomic E-state index is 10.7. The molecular formula is C11H10O5. The van der Waals surface area contributed by atoms with Gasteiger partial charge in [-0.25, -0.2) is 9.59 Å². The molecule has 1 aliphatic rings. The Morgan fingerprint density at radius 2 is 2.06 bits per heavy atom. The van der Waals surface area contributed by atoms with Crippen molar-refractivity contribution in [1.29, 1.82) is 0 Å². The quantitative estimate of drug-likeness (QED) is 0.784. The van der Waals surface area contributed by atoms with Gasteiger partial charge in [0.1, 0.15) is 5.75 Å². The van der Waals surface area contributed by atoms with Crippen LogP contribution in [0.5, 0.6) is 5.75 Å². The van der Waals surface area contributed by atoms with Crippen molar-refractivity contribution in [1.82, 2.24) is 0 Å². The molecule has 1 atom stereocenters. The average Bonchev–Trinajstić information content (AvgIpc) is 2.27. The van der Waals surface area contributed by atoms with Gasteiger partial charge in [0.05, 0.1) is 5.56 Å². The van der Waals surface area contributed by atoms with Crippen LogP contribution < -0.4 is 4.74 Å². The second-order valence-corrected chi connectivity index (χ2v) is 3.61. The lowest BCUT2D eigenvalue weighted by Crippen LogP contribution is -2.30. The smallest absolute Gasteiger partial charge is 0.344 e. The zero-order chi connectivity index (χ0) is 11.7. The first-order valence-corrected chi connectivity index (χ1v) is 4.83. The molecule has 1 unspecified atom stereocenters. The predicted molar refractivity (Wildman–Crippen MR) is 53.8 cm³/mol. The molecule has 1 aromatic carbocycles. The highest BCUT2D eigenvalue weighted by atomic mass is 16.5. The lowest BCUT2D eigenvalue weighted by molar-refractivity contribution is -0.145. The second-order valence-electron chi connectivity index (χ2n) is 3.61. The highest BCUT2D eigenvalue weighted by Crippen LogP contribution is 2.28. The first-order valence-electron chi connectivity index (χ1n) is 4.83. The molecule has 0 radical (unpaired) electrons. The number of aromatic carboxylic acids is 1. The number of carboxylic acids is 2. The summed E-state index contributed by atoms with van der Waals surface area (Å²) in [7, 11) is 0. The summed E-state index contributed by atoms with van der Waals surface area (Å²) in [4.78, 5) is 21.5. The molecule has 2 N–H and O–H groups in total. The van der Waals surface area contributed by atoms with Crippen LogP contribution in [0, 0.1) is 0 Å². The maximum atomic E-state index is 10.7. The second kappa shape index (κ2) is 3.84. The molecule has 0 fully saturated rings. The maximum Gasteiger partial charge on any atom is 0.344 e. The topological polar surface area (TPSA) is 83.8 Å². The van der Waals surface area contributed by atoms with Gasteiger partial charge in [-0.1, -0.05) is 6.07 Å². The van der Waals surface area contributed by atoms with Gasteiger partial charge in [-0.05, 0) is 30.5 Å². The lowest BCUT2D eigenvalue weighted by Gasteiger charge is -2.23. The first kappa shape index (κ1) is 10.5. The van der Waals surface area contributed by atoms with E-state index < -0.39 is 18.0 Å². The number of aryl methyl sites for hydroxylation is 1. The zero-order valence-electron chi connectivity index (χ0n) is 8.34.